The highest BCUT2D eigenvalue weighted by Crippen LogP contribution is 2.30. The number of halogens is 2. The molecule has 0 spiro atoms. The molecule has 0 saturated carbocycles. The number of rotatable bonds is 10. The lowest BCUT2D eigenvalue weighted by Gasteiger charge is -2.39. The number of nitrogens with two attached hydrogens (primary N) is 1. The maximum atomic E-state index is 14.5. The maximum absolute atomic E-state index is 14.5. The fourth-order valence-electron chi connectivity index (χ4n) is 6.19. The molecule has 3 heterocycles. The van der Waals surface area contributed by atoms with Crippen molar-refractivity contribution in [2.24, 2.45) is 11.7 Å². The van der Waals surface area contributed by atoms with Crippen molar-refractivity contribution in [2.45, 2.75) is 38.8 Å². The second-order valence-corrected chi connectivity index (χ2v) is 11.9. The van der Waals surface area contributed by atoms with Crippen molar-refractivity contribution >= 4 is 17.5 Å². The van der Waals surface area contributed by atoms with Gasteiger partial charge in [-0.25, -0.2) is 4.39 Å². The van der Waals surface area contributed by atoms with Gasteiger partial charge in [-0.1, -0.05) is 23.7 Å². The number of carbonyl (C=O) groups is 1. The number of hydrogen-bond donors (Lipinski definition) is 2. The average Bonchev–Trinajstić information content (AvgIpc) is 3.02. The molecule has 10 heteroatoms. The molecule has 0 unspecified atom stereocenters. The van der Waals surface area contributed by atoms with Crippen LogP contribution in [-0.4, -0.2) is 89.2 Å². The molecule has 2 aromatic carbocycles. The number of piperazine rings is 1. The smallest absolute Gasteiger partial charge is 0.239 e. The van der Waals surface area contributed by atoms with E-state index in [1.54, 1.807) is 24.4 Å². The Bertz CT molecular complexity index is 1390. The normalized spacial score (nSPS) is 17.6. The summed E-state index contributed by atoms with van der Waals surface area (Å²) in [6, 6.07) is 11.9. The third-order valence-corrected chi connectivity index (χ3v) is 8.90. The molecule has 1 amide bonds. The molecule has 0 radical (unpaired) electrons. The van der Waals surface area contributed by atoms with Gasteiger partial charge in [-0.05, 0) is 86.7 Å². The first-order valence-corrected chi connectivity index (χ1v) is 15.5. The topological polar surface area (TPSA) is 95.2 Å². The van der Waals surface area contributed by atoms with E-state index in [1.807, 2.05) is 30.0 Å². The quantitative estimate of drug-likeness (QED) is 0.348. The van der Waals surface area contributed by atoms with Gasteiger partial charge in [0.2, 0.25) is 5.91 Å². The monoisotopic (exact) mass is 609 g/mol. The summed E-state index contributed by atoms with van der Waals surface area (Å²) in [7, 11) is 0. The molecule has 3 N–H and O–H groups in total. The molecular weight excluding hydrogens is 569 g/mol. The first-order chi connectivity index (χ1) is 20.8. The Kier molecular flexibility index (Phi) is 10.5. The number of hydrogen-bond acceptors (Lipinski definition) is 7. The Morgan fingerprint density at radius 2 is 1.86 bits per heavy atom. The number of amides is 1. The van der Waals surface area contributed by atoms with Crippen LogP contribution in [-0.2, 0) is 17.8 Å². The summed E-state index contributed by atoms with van der Waals surface area (Å²) < 4.78 is 20.1. The zero-order chi connectivity index (χ0) is 30.3. The van der Waals surface area contributed by atoms with Crippen LogP contribution >= 0.6 is 11.6 Å². The van der Waals surface area contributed by atoms with Crippen molar-refractivity contribution in [3.05, 3.63) is 76.8 Å². The van der Waals surface area contributed by atoms with E-state index < -0.39 is 6.04 Å². The van der Waals surface area contributed by atoms with Crippen molar-refractivity contribution in [1.82, 2.24) is 19.7 Å². The number of piperidine rings is 1. The zero-order valence-electron chi connectivity index (χ0n) is 24.7. The van der Waals surface area contributed by atoms with E-state index in [4.69, 9.17) is 22.1 Å². The summed E-state index contributed by atoms with van der Waals surface area (Å²) in [5.74, 6) is 0.610. The van der Waals surface area contributed by atoms with Crippen LogP contribution in [0, 0.1) is 11.7 Å². The predicted octanol–water partition coefficient (Wildman–Crippen LogP) is 4.57. The van der Waals surface area contributed by atoms with E-state index in [9.17, 15) is 14.3 Å². The van der Waals surface area contributed by atoms with Gasteiger partial charge in [0.15, 0.2) is 0 Å². The van der Waals surface area contributed by atoms with Crippen molar-refractivity contribution in [2.75, 3.05) is 52.4 Å². The summed E-state index contributed by atoms with van der Waals surface area (Å²) in [5, 5.41) is 10.6. The Morgan fingerprint density at radius 1 is 1.09 bits per heavy atom. The van der Waals surface area contributed by atoms with E-state index in [0.717, 1.165) is 55.6 Å². The van der Waals surface area contributed by atoms with Gasteiger partial charge >= 0.3 is 0 Å². The van der Waals surface area contributed by atoms with E-state index in [1.165, 1.54) is 12.3 Å². The van der Waals surface area contributed by atoms with Crippen LogP contribution in [0.1, 0.15) is 30.9 Å². The predicted molar refractivity (Wildman–Crippen MR) is 167 cm³/mol. The molecule has 2 fully saturated rings. The minimum absolute atomic E-state index is 0.0160. The highest BCUT2D eigenvalue weighted by molar-refractivity contribution is 6.30. The van der Waals surface area contributed by atoms with E-state index in [2.05, 4.69) is 14.8 Å². The van der Waals surface area contributed by atoms with Crippen LogP contribution in [0.4, 0.5) is 4.39 Å². The molecule has 2 aliphatic heterocycles. The second-order valence-electron chi connectivity index (χ2n) is 11.4. The summed E-state index contributed by atoms with van der Waals surface area (Å²) >= 11 is 6.32. The number of benzene rings is 2. The standard InChI is InChI=1S/C33H41ClFN5O3/c1-2-43-31-5-3-4-30(35)29(31)22-39-14-16-40(17-15-39)33(42)32(36)23-8-11-38(12-9-23)13-10-24-18-26(34)6-7-28(24)25-19-27(41)21-37-20-25/h3-7,18-21,23,32,41H,2,8-17,22,36H2,1H3/t32-/m1/s1. The highest BCUT2D eigenvalue weighted by atomic mass is 35.5. The maximum Gasteiger partial charge on any atom is 0.239 e. The van der Waals surface area contributed by atoms with Crippen LogP contribution in [0.2, 0.25) is 5.02 Å². The van der Waals surface area contributed by atoms with Crippen LogP contribution < -0.4 is 10.5 Å². The minimum Gasteiger partial charge on any atom is -0.506 e. The van der Waals surface area contributed by atoms with Crippen LogP contribution in [0.3, 0.4) is 0 Å². The first-order valence-electron chi connectivity index (χ1n) is 15.1. The Morgan fingerprint density at radius 3 is 2.58 bits per heavy atom. The number of pyridine rings is 1. The number of carbonyl (C=O) groups excluding carboxylic acids is 1. The summed E-state index contributed by atoms with van der Waals surface area (Å²) in [5.41, 5.74) is 10.1. The third kappa shape index (κ3) is 7.84. The minimum atomic E-state index is -0.511. The molecule has 3 aromatic rings. The SMILES string of the molecule is CCOc1cccc(F)c1CN1CCN(C(=O)[C@H](N)C2CCN(CCc3cc(Cl)ccc3-c3cncc(O)c3)CC2)CC1. The van der Waals surface area contributed by atoms with Gasteiger partial charge in [0.25, 0.3) is 0 Å². The summed E-state index contributed by atoms with van der Waals surface area (Å²) in [6.07, 6.45) is 5.73. The number of nitrogens with zero attached hydrogens (tertiary/aromatic N) is 4. The Labute approximate surface area is 258 Å². The molecule has 2 saturated heterocycles. The molecule has 2 aliphatic rings. The summed E-state index contributed by atoms with van der Waals surface area (Å²) in [4.78, 5) is 23.9. The van der Waals surface area contributed by atoms with Crippen molar-refractivity contribution in [3.63, 3.8) is 0 Å². The van der Waals surface area contributed by atoms with Gasteiger partial charge in [0.1, 0.15) is 17.3 Å². The molecule has 5 rings (SSSR count). The fraction of sp³-hybridized carbons (Fsp3) is 0.455. The fourth-order valence-corrected chi connectivity index (χ4v) is 6.38. The molecule has 1 aromatic heterocycles. The van der Waals surface area contributed by atoms with Crippen LogP contribution in [0.5, 0.6) is 11.5 Å². The van der Waals surface area contributed by atoms with E-state index in [-0.39, 0.29) is 23.4 Å². The Balaban J connectivity index is 1.09. The lowest BCUT2D eigenvalue weighted by atomic mass is 9.88. The van der Waals surface area contributed by atoms with Gasteiger partial charge in [-0.15, -0.1) is 0 Å². The molecule has 0 bridgehead atoms. The molecule has 43 heavy (non-hydrogen) atoms. The van der Waals surface area contributed by atoms with Gasteiger partial charge in [-0.2, -0.15) is 0 Å². The number of aromatic hydroxyl groups is 1. The van der Waals surface area contributed by atoms with Gasteiger partial charge in [-0.3, -0.25) is 14.7 Å². The van der Waals surface area contributed by atoms with Crippen LogP contribution in [0.15, 0.2) is 54.9 Å². The van der Waals surface area contributed by atoms with Crippen molar-refractivity contribution < 1.29 is 19.0 Å². The van der Waals surface area contributed by atoms with E-state index >= 15 is 0 Å². The third-order valence-electron chi connectivity index (χ3n) is 8.67. The molecular formula is C33H41ClFN5O3. The van der Waals surface area contributed by atoms with Gasteiger partial charge < -0.3 is 25.4 Å². The molecule has 1 atom stereocenters. The largest absolute Gasteiger partial charge is 0.506 e. The number of ether oxygens (including phenoxy) is 1. The molecule has 0 aliphatic carbocycles. The highest BCUT2D eigenvalue weighted by Gasteiger charge is 2.33. The molecule has 8 nitrogen and oxygen atoms in total. The van der Waals surface area contributed by atoms with Crippen molar-refractivity contribution in [1.29, 1.82) is 0 Å². The van der Waals surface area contributed by atoms with Gasteiger partial charge in [0, 0.05) is 61.6 Å². The van der Waals surface area contributed by atoms with E-state index in [0.29, 0.717) is 55.7 Å². The molecule has 230 valence electrons. The average molecular weight is 610 g/mol. The van der Waals surface area contributed by atoms with Crippen LogP contribution in [0.25, 0.3) is 11.1 Å². The number of aromatic nitrogens is 1. The lowest BCUT2D eigenvalue weighted by Crippen LogP contribution is -2.55. The zero-order valence-corrected chi connectivity index (χ0v) is 25.5. The summed E-state index contributed by atoms with van der Waals surface area (Å²) in [6.45, 7) is 7.96. The second kappa shape index (κ2) is 14.5. The Hall–Kier alpha value is -3.24. The lowest BCUT2D eigenvalue weighted by molar-refractivity contribution is -0.136. The van der Waals surface area contributed by atoms with Gasteiger partial charge in [0.05, 0.1) is 18.8 Å². The van der Waals surface area contributed by atoms with Crippen molar-refractivity contribution in [3.8, 4) is 22.6 Å². The first kappa shape index (κ1) is 31.2. The number of likely N-dealkylation sites (tertiary alicyclic amines) is 1.